The summed E-state index contributed by atoms with van der Waals surface area (Å²) < 4.78 is 0.323. The Morgan fingerprint density at radius 2 is 1.71 bits per heavy atom. The number of thioether (sulfide) groups is 1. The molecule has 0 radical (unpaired) electrons. The molecule has 1 rings (SSSR count). The van der Waals surface area contributed by atoms with Gasteiger partial charge < -0.3 is 5.32 Å². The van der Waals surface area contributed by atoms with E-state index in [0.29, 0.717) is 10.8 Å². The van der Waals surface area contributed by atoms with Gasteiger partial charge in [-0.3, -0.25) is 0 Å². The van der Waals surface area contributed by atoms with Crippen molar-refractivity contribution in [2.75, 3.05) is 12.3 Å². The van der Waals surface area contributed by atoms with Crippen LogP contribution in [0.4, 0.5) is 0 Å². The summed E-state index contributed by atoms with van der Waals surface area (Å²) in [5, 5.41) is 3.70. The second-order valence-corrected chi connectivity index (χ2v) is 9.12. The lowest BCUT2D eigenvalue weighted by atomic mass is 10.00. The van der Waals surface area contributed by atoms with E-state index in [1.165, 1.54) is 24.0 Å². The Morgan fingerprint density at radius 1 is 1.10 bits per heavy atom. The van der Waals surface area contributed by atoms with Crippen LogP contribution in [-0.4, -0.2) is 17.0 Å². The van der Waals surface area contributed by atoms with E-state index in [2.05, 4.69) is 71.1 Å². The summed E-state index contributed by atoms with van der Waals surface area (Å²) in [6.45, 7) is 14.7. The van der Waals surface area contributed by atoms with Crippen LogP contribution in [0.2, 0.25) is 0 Å². The van der Waals surface area contributed by atoms with E-state index in [-0.39, 0.29) is 0 Å². The fourth-order valence-electron chi connectivity index (χ4n) is 2.28. The molecule has 0 saturated heterocycles. The largest absolute Gasteiger partial charge is 0.309 e. The highest BCUT2D eigenvalue weighted by Gasteiger charge is 2.16. The Balaban J connectivity index is 2.72. The van der Waals surface area contributed by atoms with Gasteiger partial charge in [0.1, 0.15) is 0 Å². The lowest BCUT2D eigenvalue weighted by Gasteiger charge is -2.24. The molecule has 1 nitrogen and oxygen atoms in total. The van der Waals surface area contributed by atoms with Gasteiger partial charge >= 0.3 is 0 Å². The molecule has 0 saturated carbocycles. The molecule has 0 spiro atoms. The summed E-state index contributed by atoms with van der Waals surface area (Å²) in [4.78, 5) is 0. The SMILES string of the molecule is CCCNC(CSC(C)(C)C)c1ccc(CC(C)C)cc1. The summed E-state index contributed by atoms with van der Waals surface area (Å²) in [6, 6.07) is 9.69. The van der Waals surface area contributed by atoms with Gasteiger partial charge in [-0.2, -0.15) is 11.8 Å². The molecule has 0 fully saturated rings. The van der Waals surface area contributed by atoms with E-state index < -0.39 is 0 Å². The van der Waals surface area contributed by atoms with Gasteiger partial charge in [-0.05, 0) is 36.4 Å². The predicted molar refractivity (Wildman–Crippen MR) is 98.2 cm³/mol. The number of hydrogen-bond acceptors (Lipinski definition) is 2. The van der Waals surface area contributed by atoms with Gasteiger partial charge in [-0.1, -0.05) is 65.8 Å². The van der Waals surface area contributed by atoms with Crippen LogP contribution in [0.15, 0.2) is 24.3 Å². The minimum atomic E-state index is 0.323. The van der Waals surface area contributed by atoms with Crippen LogP contribution in [0.3, 0.4) is 0 Å². The lowest BCUT2D eigenvalue weighted by molar-refractivity contribution is 0.575. The minimum Gasteiger partial charge on any atom is -0.309 e. The fourth-order valence-corrected chi connectivity index (χ4v) is 3.26. The molecule has 1 unspecified atom stereocenters. The van der Waals surface area contributed by atoms with Crippen molar-refractivity contribution < 1.29 is 0 Å². The molecule has 1 aromatic carbocycles. The second kappa shape index (κ2) is 8.85. The first kappa shape index (κ1) is 18.6. The molecule has 0 aliphatic rings. The molecule has 21 heavy (non-hydrogen) atoms. The molecule has 1 aromatic rings. The first-order valence-electron chi connectivity index (χ1n) is 8.28. The van der Waals surface area contributed by atoms with Crippen LogP contribution in [0, 0.1) is 5.92 Å². The highest BCUT2D eigenvalue weighted by atomic mass is 32.2. The van der Waals surface area contributed by atoms with Gasteiger partial charge in [-0.25, -0.2) is 0 Å². The van der Waals surface area contributed by atoms with Crippen molar-refractivity contribution in [2.24, 2.45) is 5.92 Å². The quantitative estimate of drug-likeness (QED) is 0.684. The molecule has 2 heteroatoms. The molecule has 0 heterocycles. The average molecular weight is 308 g/mol. The topological polar surface area (TPSA) is 12.0 Å². The van der Waals surface area contributed by atoms with Crippen LogP contribution in [0.1, 0.15) is 65.1 Å². The van der Waals surface area contributed by atoms with Gasteiger partial charge in [-0.15, -0.1) is 0 Å². The summed E-state index contributed by atoms with van der Waals surface area (Å²) in [5.41, 5.74) is 2.87. The van der Waals surface area contributed by atoms with Crippen LogP contribution in [0.25, 0.3) is 0 Å². The zero-order valence-corrected chi connectivity index (χ0v) is 15.5. The van der Waals surface area contributed by atoms with Crippen LogP contribution in [-0.2, 0) is 6.42 Å². The average Bonchev–Trinajstić information content (AvgIpc) is 2.38. The summed E-state index contributed by atoms with van der Waals surface area (Å²) in [7, 11) is 0. The van der Waals surface area contributed by atoms with E-state index in [4.69, 9.17) is 0 Å². The Hall–Kier alpha value is -0.470. The van der Waals surface area contributed by atoms with Crippen molar-refractivity contribution in [3.8, 4) is 0 Å². The maximum atomic E-state index is 3.70. The summed E-state index contributed by atoms with van der Waals surface area (Å²) >= 11 is 2.04. The Labute approximate surface area is 136 Å². The third kappa shape index (κ3) is 7.92. The summed E-state index contributed by atoms with van der Waals surface area (Å²) in [5.74, 6) is 1.86. The molecule has 0 bridgehead atoms. The molecule has 0 aromatic heterocycles. The highest BCUT2D eigenvalue weighted by Crippen LogP contribution is 2.28. The fraction of sp³-hybridized carbons (Fsp3) is 0.684. The molecule has 0 aliphatic carbocycles. The highest BCUT2D eigenvalue weighted by molar-refractivity contribution is 8.00. The van der Waals surface area contributed by atoms with Crippen LogP contribution < -0.4 is 5.32 Å². The minimum absolute atomic E-state index is 0.323. The van der Waals surface area contributed by atoms with Crippen LogP contribution in [0.5, 0.6) is 0 Å². The van der Waals surface area contributed by atoms with Gasteiger partial charge in [0.25, 0.3) is 0 Å². The smallest absolute Gasteiger partial charge is 0.0412 e. The molecular weight excluding hydrogens is 274 g/mol. The molecule has 1 atom stereocenters. The number of rotatable bonds is 8. The van der Waals surface area contributed by atoms with Crippen molar-refractivity contribution in [1.29, 1.82) is 0 Å². The number of hydrogen-bond donors (Lipinski definition) is 1. The van der Waals surface area contributed by atoms with Crippen molar-refractivity contribution in [2.45, 2.75) is 65.2 Å². The van der Waals surface area contributed by atoms with Gasteiger partial charge in [0.2, 0.25) is 0 Å². The van der Waals surface area contributed by atoms with E-state index in [0.717, 1.165) is 18.2 Å². The third-order valence-electron chi connectivity index (χ3n) is 3.35. The van der Waals surface area contributed by atoms with Crippen molar-refractivity contribution in [3.05, 3.63) is 35.4 Å². The lowest BCUT2D eigenvalue weighted by Crippen LogP contribution is -2.26. The normalized spacial score (nSPS) is 13.7. The standard InChI is InChI=1S/C19H33NS/c1-7-12-20-18(14-21-19(4,5)6)17-10-8-16(9-11-17)13-15(2)3/h8-11,15,18,20H,7,12-14H2,1-6H3. The van der Waals surface area contributed by atoms with Gasteiger partial charge in [0.15, 0.2) is 0 Å². The predicted octanol–water partition coefficient (Wildman–Crippen LogP) is 5.46. The second-order valence-electron chi connectivity index (χ2n) is 7.27. The Morgan fingerprint density at radius 3 is 2.19 bits per heavy atom. The Kier molecular flexibility index (Phi) is 7.83. The summed E-state index contributed by atoms with van der Waals surface area (Å²) in [6.07, 6.45) is 2.35. The zero-order chi connectivity index (χ0) is 15.9. The maximum Gasteiger partial charge on any atom is 0.0412 e. The third-order valence-corrected chi connectivity index (χ3v) is 4.72. The molecule has 120 valence electrons. The Bertz CT molecular complexity index is 389. The number of nitrogens with one attached hydrogen (secondary N) is 1. The number of benzene rings is 1. The molecule has 1 N–H and O–H groups in total. The van der Waals surface area contributed by atoms with Crippen molar-refractivity contribution in [3.63, 3.8) is 0 Å². The molecule has 0 amide bonds. The van der Waals surface area contributed by atoms with Gasteiger partial charge in [0, 0.05) is 16.5 Å². The van der Waals surface area contributed by atoms with Crippen molar-refractivity contribution in [1.82, 2.24) is 5.32 Å². The monoisotopic (exact) mass is 307 g/mol. The van der Waals surface area contributed by atoms with Crippen LogP contribution >= 0.6 is 11.8 Å². The van der Waals surface area contributed by atoms with E-state index in [9.17, 15) is 0 Å². The van der Waals surface area contributed by atoms with E-state index in [1.54, 1.807) is 0 Å². The van der Waals surface area contributed by atoms with Gasteiger partial charge in [0.05, 0.1) is 0 Å². The first-order valence-corrected chi connectivity index (χ1v) is 9.26. The molecular formula is C19H33NS. The van der Waals surface area contributed by atoms with E-state index >= 15 is 0 Å². The molecule has 0 aliphatic heterocycles. The van der Waals surface area contributed by atoms with E-state index in [1.807, 2.05) is 11.8 Å². The maximum absolute atomic E-state index is 3.70. The zero-order valence-electron chi connectivity index (χ0n) is 14.7. The first-order chi connectivity index (χ1) is 9.81. The van der Waals surface area contributed by atoms with Crippen molar-refractivity contribution >= 4 is 11.8 Å².